The van der Waals surface area contributed by atoms with Crippen molar-refractivity contribution >= 4 is 23.7 Å². The smallest absolute Gasteiger partial charge is 0.229 e. The number of nitrogens with one attached hydrogen (secondary N) is 2. The third-order valence-electron chi connectivity index (χ3n) is 3.33. The summed E-state index contributed by atoms with van der Waals surface area (Å²) >= 11 is 0. The molecule has 0 aliphatic rings. The van der Waals surface area contributed by atoms with Crippen LogP contribution in [-0.4, -0.2) is 40.2 Å². The highest BCUT2D eigenvalue weighted by Crippen LogP contribution is 2.27. The number of carbonyl (C=O) groups is 1. The molecule has 0 saturated carbocycles. The van der Waals surface area contributed by atoms with Crippen molar-refractivity contribution in [3.8, 4) is 11.4 Å². The molecule has 0 radical (unpaired) electrons. The number of carbonyl (C=O) groups excluding carboxylic acids is 1. The summed E-state index contributed by atoms with van der Waals surface area (Å²) in [5.74, 6) is 1.81. The number of methoxy groups -OCH3 is 1. The van der Waals surface area contributed by atoms with Crippen LogP contribution in [0.4, 0.5) is 17.5 Å². The van der Waals surface area contributed by atoms with Crippen LogP contribution in [0.15, 0.2) is 42.9 Å². The zero-order valence-corrected chi connectivity index (χ0v) is 13.2. The Labute approximate surface area is 138 Å². The van der Waals surface area contributed by atoms with Crippen LogP contribution in [0, 0.1) is 0 Å². The fraction of sp³-hybridized carbons (Fsp3) is 0.125. The van der Waals surface area contributed by atoms with E-state index in [9.17, 15) is 4.79 Å². The molecule has 1 aromatic carbocycles. The molecule has 0 aliphatic carbocycles. The molecule has 0 fully saturated rings. The van der Waals surface area contributed by atoms with Gasteiger partial charge < -0.3 is 15.4 Å². The highest BCUT2D eigenvalue weighted by molar-refractivity contribution is 5.74. The second kappa shape index (κ2) is 6.78. The van der Waals surface area contributed by atoms with Crippen molar-refractivity contribution in [1.82, 2.24) is 19.7 Å². The maximum atomic E-state index is 10.9. The summed E-state index contributed by atoms with van der Waals surface area (Å²) in [6.45, 7) is 0. The van der Waals surface area contributed by atoms with E-state index < -0.39 is 0 Å². The Kier molecular flexibility index (Phi) is 4.37. The highest BCUT2D eigenvalue weighted by Gasteiger charge is 2.09. The number of aldehydes is 1. The quantitative estimate of drug-likeness (QED) is 0.672. The van der Waals surface area contributed by atoms with E-state index in [1.807, 2.05) is 18.2 Å². The van der Waals surface area contributed by atoms with Gasteiger partial charge in [-0.3, -0.25) is 4.79 Å². The van der Waals surface area contributed by atoms with Crippen molar-refractivity contribution in [1.29, 1.82) is 0 Å². The Morgan fingerprint density at radius 1 is 1.29 bits per heavy atom. The molecule has 0 unspecified atom stereocenters. The van der Waals surface area contributed by atoms with E-state index >= 15 is 0 Å². The van der Waals surface area contributed by atoms with Gasteiger partial charge in [-0.1, -0.05) is 0 Å². The average molecular weight is 324 g/mol. The van der Waals surface area contributed by atoms with Gasteiger partial charge in [0.15, 0.2) is 6.29 Å². The summed E-state index contributed by atoms with van der Waals surface area (Å²) in [4.78, 5) is 19.4. The molecule has 8 heteroatoms. The van der Waals surface area contributed by atoms with Crippen LogP contribution in [-0.2, 0) is 0 Å². The third kappa shape index (κ3) is 3.17. The topological polar surface area (TPSA) is 94.0 Å². The first-order valence-electron chi connectivity index (χ1n) is 7.19. The fourth-order valence-electron chi connectivity index (χ4n) is 2.16. The summed E-state index contributed by atoms with van der Waals surface area (Å²) in [7, 11) is 3.37. The number of anilines is 3. The lowest BCUT2D eigenvalue weighted by Gasteiger charge is -2.12. The predicted octanol–water partition coefficient (Wildman–Crippen LogP) is 2.27. The maximum Gasteiger partial charge on any atom is 0.229 e. The SMILES string of the molecule is CNc1ccnc(Nc2ccc(OC)c(-n3cc(C=O)cn3)c2)n1. The summed E-state index contributed by atoms with van der Waals surface area (Å²) in [5, 5.41) is 10.3. The molecule has 0 bridgehead atoms. The van der Waals surface area contributed by atoms with Crippen LogP contribution < -0.4 is 15.4 Å². The molecule has 0 atom stereocenters. The second-order valence-corrected chi connectivity index (χ2v) is 4.86. The van der Waals surface area contributed by atoms with Gasteiger partial charge in [0.05, 0.1) is 18.9 Å². The molecule has 8 nitrogen and oxygen atoms in total. The lowest BCUT2D eigenvalue weighted by Crippen LogP contribution is -2.02. The standard InChI is InChI=1S/C16H16N6O2/c1-17-15-5-6-18-16(21-15)20-12-3-4-14(24-2)13(7-12)22-9-11(10-23)8-19-22/h3-10H,1-2H3,(H2,17,18,20,21). The zero-order valence-electron chi connectivity index (χ0n) is 13.2. The lowest BCUT2D eigenvalue weighted by molar-refractivity contribution is 0.112. The van der Waals surface area contributed by atoms with Crippen molar-refractivity contribution in [2.75, 3.05) is 24.8 Å². The van der Waals surface area contributed by atoms with Crippen LogP contribution in [0.2, 0.25) is 0 Å². The number of rotatable bonds is 6. The molecule has 2 heterocycles. The molecule has 0 saturated heterocycles. The van der Waals surface area contributed by atoms with Crippen LogP contribution in [0.1, 0.15) is 10.4 Å². The Hall–Kier alpha value is -3.42. The van der Waals surface area contributed by atoms with Crippen LogP contribution in [0.3, 0.4) is 0 Å². The number of aromatic nitrogens is 4. The van der Waals surface area contributed by atoms with E-state index in [0.29, 0.717) is 28.8 Å². The number of ether oxygens (including phenoxy) is 1. The molecule has 0 amide bonds. The Bertz CT molecular complexity index is 861. The third-order valence-corrected chi connectivity index (χ3v) is 3.33. The number of benzene rings is 1. The van der Waals surface area contributed by atoms with E-state index in [4.69, 9.17) is 4.74 Å². The summed E-state index contributed by atoms with van der Waals surface area (Å²) in [6.07, 6.45) is 5.53. The van der Waals surface area contributed by atoms with Crippen molar-refractivity contribution in [2.45, 2.75) is 0 Å². The fourth-order valence-corrected chi connectivity index (χ4v) is 2.16. The Morgan fingerprint density at radius 3 is 2.88 bits per heavy atom. The van der Waals surface area contributed by atoms with Crippen LogP contribution in [0.25, 0.3) is 5.69 Å². The average Bonchev–Trinajstić information content (AvgIpc) is 3.11. The minimum atomic E-state index is 0.465. The Balaban J connectivity index is 1.94. The van der Waals surface area contributed by atoms with E-state index in [-0.39, 0.29) is 0 Å². The van der Waals surface area contributed by atoms with Crippen molar-refractivity contribution < 1.29 is 9.53 Å². The van der Waals surface area contributed by atoms with Gasteiger partial charge in [-0.25, -0.2) is 9.67 Å². The molecular weight excluding hydrogens is 308 g/mol. The predicted molar refractivity (Wildman–Crippen MR) is 90.4 cm³/mol. The molecule has 3 aromatic rings. The van der Waals surface area contributed by atoms with Crippen LogP contribution >= 0.6 is 0 Å². The van der Waals surface area contributed by atoms with E-state index in [1.54, 1.807) is 37.3 Å². The number of nitrogens with zero attached hydrogens (tertiary/aromatic N) is 4. The van der Waals surface area contributed by atoms with Gasteiger partial charge in [-0.05, 0) is 24.3 Å². The van der Waals surface area contributed by atoms with Gasteiger partial charge in [0.25, 0.3) is 0 Å². The summed E-state index contributed by atoms with van der Waals surface area (Å²) in [6, 6.07) is 7.27. The molecular formula is C16H16N6O2. The summed E-state index contributed by atoms with van der Waals surface area (Å²) in [5.41, 5.74) is 1.95. The second-order valence-electron chi connectivity index (χ2n) is 4.86. The molecule has 0 aliphatic heterocycles. The van der Waals surface area contributed by atoms with E-state index in [1.165, 1.54) is 6.20 Å². The molecule has 0 spiro atoms. The van der Waals surface area contributed by atoms with Crippen molar-refractivity contribution in [2.24, 2.45) is 0 Å². The van der Waals surface area contributed by atoms with Crippen LogP contribution in [0.5, 0.6) is 5.75 Å². The zero-order chi connectivity index (χ0) is 16.9. The normalized spacial score (nSPS) is 10.2. The Morgan fingerprint density at radius 2 is 2.17 bits per heavy atom. The molecule has 24 heavy (non-hydrogen) atoms. The van der Waals surface area contributed by atoms with E-state index in [0.717, 1.165) is 12.0 Å². The minimum Gasteiger partial charge on any atom is -0.494 e. The first-order chi connectivity index (χ1) is 11.7. The first kappa shape index (κ1) is 15.5. The largest absolute Gasteiger partial charge is 0.494 e. The minimum absolute atomic E-state index is 0.465. The maximum absolute atomic E-state index is 10.9. The van der Waals surface area contributed by atoms with Gasteiger partial charge in [0.1, 0.15) is 17.3 Å². The van der Waals surface area contributed by atoms with Gasteiger partial charge in [0, 0.05) is 25.1 Å². The van der Waals surface area contributed by atoms with Gasteiger partial charge in [-0.15, -0.1) is 0 Å². The number of hydrogen-bond acceptors (Lipinski definition) is 7. The van der Waals surface area contributed by atoms with Crippen molar-refractivity contribution in [3.63, 3.8) is 0 Å². The molecule has 2 aromatic heterocycles. The lowest BCUT2D eigenvalue weighted by atomic mass is 10.2. The van der Waals surface area contributed by atoms with Crippen molar-refractivity contribution in [3.05, 3.63) is 48.4 Å². The monoisotopic (exact) mass is 324 g/mol. The van der Waals surface area contributed by atoms with Gasteiger partial charge >= 0.3 is 0 Å². The molecule has 122 valence electrons. The van der Waals surface area contributed by atoms with Gasteiger partial charge in [-0.2, -0.15) is 10.1 Å². The number of hydrogen-bond donors (Lipinski definition) is 2. The molecule has 3 rings (SSSR count). The van der Waals surface area contributed by atoms with E-state index in [2.05, 4.69) is 25.7 Å². The van der Waals surface area contributed by atoms with Gasteiger partial charge in [0.2, 0.25) is 5.95 Å². The highest BCUT2D eigenvalue weighted by atomic mass is 16.5. The summed E-state index contributed by atoms with van der Waals surface area (Å²) < 4.78 is 6.95. The molecule has 2 N–H and O–H groups in total. The first-order valence-corrected chi connectivity index (χ1v) is 7.19.